The first-order valence-electron chi connectivity index (χ1n) is 8.74. The Morgan fingerprint density at radius 1 is 1.00 bits per heavy atom. The maximum Gasteiger partial charge on any atom is 0.260 e. The minimum absolute atomic E-state index is 0.272. The third-order valence-electron chi connectivity index (χ3n) is 4.30. The van der Waals surface area contributed by atoms with E-state index in [2.05, 4.69) is 15.5 Å². The molecule has 0 radical (unpaired) electrons. The summed E-state index contributed by atoms with van der Waals surface area (Å²) in [4.78, 5) is 12.9. The third kappa shape index (κ3) is 3.50. The van der Waals surface area contributed by atoms with E-state index in [9.17, 15) is 4.79 Å². The molecule has 0 aliphatic rings. The number of hydrogen-bond acceptors (Lipinski definition) is 4. The third-order valence-corrected chi connectivity index (χ3v) is 4.30. The first kappa shape index (κ1) is 17.5. The number of anilines is 1. The SMILES string of the molecule is COc1ccc(-c2nn(-c3ccccc3)cc2C(=O)Nc2ccn(C)n2)cc1. The van der Waals surface area contributed by atoms with Crippen LogP contribution < -0.4 is 10.1 Å². The fraction of sp³-hybridized carbons (Fsp3) is 0.0952. The van der Waals surface area contributed by atoms with Crippen molar-refractivity contribution in [3.8, 4) is 22.7 Å². The van der Waals surface area contributed by atoms with Gasteiger partial charge in [-0.05, 0) is 36.4 Å². The summed E-state index contributed by atoms with van der Waals surface area (Å²) < 4.78 is 8.56. The van der Waals surface area contributed by atoms with E-state index in [-0.39, 0.29) is 5.91 Å². The standard InChI is InChI=1S/C21H19N5O2/c1-25-13-12-19(23-25)22-21(27)18-14-26(16-6-4-3-5-7-16)24-20(18)15-8-10-17(28-2)11-9-15/h3-14H,1-2H3,(H,22,23,27). The number of amides is 1. The van der Waals surface area contributed by atoms with Gasteiger partial charge in [-0.2, -0.15) is 10.2 Å². The highest BCUT2D eigenvalue weighted by molar-refractivity contribution is 6.07. The van der Waals surface area contributed by atoms with Crippen molar-refractivity contribution >= 4 is 11.7 Å². The van der Waals surface area contributed by atoms with E-state index in [1.54, 1.807) is 42.0 Å². The lowest BCUT2D eigenvalue weighted by molar-refractivity contribution is 0.102. The second-order valence-corrected chi connectivity index (χ2v) is 6.23. The molecule has 2 aromatic heterocycles. The van der Waals surface area contributed by atoms with Crippen LogP contribution in [0.15, 0.2) is 73.1 Å². The summed E-state index contributed by atoms with van der Waals surface area (Å²) in [5.41, 5.74) is 2.73. The van der Waals surface area contributed by atoms with Crippen molar-refractivity contribution in [2.45, 2.75) is 0 Å². The summed E-state index contributed by atoms with van der Waals surface area (Å²) in [6.45, 7) is 0. The lowest BCUT2D eigenvalue weighted by Crippen LogP contribution is -2.13. The number of aryl methyl sites for hydroxylation is 1. The van der Waals surface area contributed by atoms with E-state index in [4.69, 9.17) is 4.74 Å². The molecule has 7 heteroatoms. The van der Waals surface area contributed by atoms with Crippen LogP contribution in [0.1, 0.15) is 10.4 Å². The molecule has 28 heavy (non-hydrogen) atoms. The molecule has 4 aromatic rings. The van der Waals surface area contributed by atoms with Gasteiger partial charge in [0.15, 0.2) is 5.82 Å². The van der Waals surface area contributed by atoms with Gasteiger partial charge in [0.05, 0.1) is 18.4 Å². The highest BCUT2D eigenvalue weighted by atomic mass is 16.5. The number of benzene rings is 2. The smallest absolute Gasteiger partial charge is 0.260 e. The predicted octanol–water partition coefficient (Wildman–Crippen LogP) is 3.53. The van der Waals surface area contributed by atoms with Gasteiger partial charge in [-0.3, -0.25) is 9.48 Å². The fourth-order valence-corrected chi connectivity index (χ4v) is 2.88. The van der Waals surface area contributed by atoms with Crippen molar-refractivity contribution in [3.05, 3.63) is 78.6 Å². The molecule has 0 atom stereocenters. The van der Waals surface area contributed by atoms with Crippen LogP contribution in [0.2, 0.25) is 0 Å². The number of hydrogen-bond donors (Lipinski definition) is 1. The predicted molar refractivity (Wildman–Crippen MR) is 107 cm³/mol. The molecule has 0 bridgehead atoms. The number of nitrogens with one attached hydrogen (secondary N) is 1. The molecule has 2 heterocycles. The van der Waals surface area contributed by atoms with Gasteiger partial charge in [-0.25, -0.2) is 4.68 Å². The fourth-order valence-electron chi connectivity index (χ4n) is 2.88. The van der Waals surface area contributed by atoms with Crippen LogP contribution in [-0.2, 0) is 7.05 Å². The Labute approximate surface area is 162 Å². The normalized spacial score (nSPS) is 10.6. The number of para-hydroxylation sites is 1. The lowest BCUT2D eigenvalue weighted by atomic mass is 10.1. The molecule has 0 saturated carbocycles. The van der Waals surface area contributed by atoms with E-state index in [0.717, 1.165) is 17.0 Å². The Balaban J connectivity index is 1.75. The molecule has 0 unspecified atom stereocenters. The summed E-state index contributed by atoms with van der Waals surface area (Å²) in [6, 6.07) is 18.9. The molecule has 4 rings (SSSR count). The first-order chi connectivity index (χ1) is 13.6. The highest BCUT2D eigenvalue weighted by Gasteiger charge is 2.19. The molecular weight excluding hydrogens is 354 g/mol. The molecule has 140 valence electrons. The number of nitrogens with zero attached hydrogens (tertiary/aromatic N) is 4. The van der Waals surface area contributed by atoms with Gasteiger partial charge in [0.2, 0.25) is 0 Å². The van der Waals surface area contributed by atoms with Crippen molar-refractivity contribution in [2.75, 3.05) is 12.4 Å². The molecule has 1 N–H and O–H groups in total. The van der Waals surface area contributed by atoms with Gasteiger partial charge in [-0.15, -0.1) is 0 Å². The van der Waals surface area contributed by atoms with Gasteiger partial charge in [-0.1, -0.05) is 18.2 Å². The van der Waals surface area contributed by atoms with Crippen molar-refractivity contribution in [1.29, 1.82) is 0 Å². The molecule has 0 saturated heterocycles. The summed E-state index contributed by atoms with van der Waals surface area (Å²) in [5.74, 6) is 0.957. The Kier molecular flexibility index (Phi) is 4.63. The van der Waals surface area contributed by atoms with Crippen molar-refractivity contribution in [1.82, 2.24) is 19.6 Å². The molecule has 0 fully saturated rings. The van der Waals surface area contributed by atoms with Gasteiger partial charge in [0.25, 0.3) is 5.91 Å². The molecule has 2 aromatic carbocycles. The maximum atomic E-state index is 12.9. The van der Waals surface area contributed by atoms with Crippen LogP contribution >= 0.6 is 0 Å². The average Bonchev–Trinajstić information content (AvgIpc) is 3.35. The minimum atomic E-state index is -0.272. The van der Waals surface area contributed by atoms with Crippen LogP contribution in [0.5, 0.6) is 5.75 Å². The molecule has 0 aliphatic heterocycles. The largest absolute Gasteiger partial charge is 0.497 e. The van der Waals surface area contributed by atoms with E-state index in [0.29, 0.717) is 17.1 Å². The van der Waals surface area contributed by atoms with Crippen LogP contribution in [0.4, 0.5) is 5.82 Å². The Bertz CT molecular complexity index is 1100. The van der Waals surface area contributed by atoms with E-state index < -0.39 is 0 Å². The summed E-state index contributed by atoms with van der Waals surface area (Å²) in [7, 11) is 3.41. The van der Waals surface area contributed by atoms with Crippen LogP contribution in [0.25, 0.3) is 16.9 Å². The lowest BCUT2D eigenvalue weighted by Gasteiger charge is -2.04. The van der Waals surface area contributed by atoms with Gasteiger partial charge in [0, 0.05) is 31.1 Å². The average molecular weight is 373 g/mol. The number of carbonyl (C=O) groups is 1. The van der Waals surface area contributed by atoms with Crippen molar-refractivity contribution in [2.24, 2.45) is 7.05 Å². The molecule has 7 nitrogen and oxygen atoms in total. The van der Waals surface area contributed by atoms with Crippen LogP contribution in [-0.4, -0.2) is 32.6 Å². The molecule has 1 amide bonds. The van der Waals surface area contributed by atoms with Gasteiger partial charge < -0.3 is 10.1 Å². The van der Waals surface area contributed by atoms with E-state index >= 15 is 0 Å². The zero-order chi connectivity index (χ0) is 19.5. The number of rotatable bonds is 5. The summed E-state index contributed by atoms with van der Waals surface area (Å²) in [5, 5.41) is 11.7. The Hall–Kier alpha value is -3.87. The zero-order valence-corrected chi connectivity index (χ0v) is 15.5. The number of carbonyl (C=O) groups excluding carboxylic acids is 1. The Morgan fingerprint density at radius 3 is 2.39 bits per heavy atom. The number of ether oxygens (including phenoxy) is 1. The topological polar surface area (TPSA) is 74.0 Å². The second-order valence-electron chi connectivity index (χ2n) is 6.23. The number of aromatic nitrogens is 4. The first-order valence-corrected chi connectivity index (χ1v) is 8.74. The Morgan fingerprint density at radius 2 is 1.75 bits per heavy atom. The molecular formula is C21H19N5O2. The minimum Gasteiger partial charge on any atom is -0.497 e. The monoisotopic (exact) mass is 373 g/mol. The molecule has 0 spiro atoms. The second kappa shape index (κ2) is 7.40. The van der Waals surface area contributed by atoms with Crippen molar-refractivity contribution < 1.29 is 9.53 Å². The molecule has 0 aliphatic carbocycles. The van der Waals surface area contributed by atoms with Crippen LogP contribution in [0, 0.1) is 0 Å². The quantitative estimate of drug-likeness (QED) is 0.581. The zero-order valence-electron chi connectivity index (χ0n) is 15.5. The number of methoxy groups -OCH3 is 1. The van der Waals surface area contributed by atoms with Crippen LogP contribution in [0.3, 0.4) is 0 Å². The van der Waals surface area contributed by atoms with Gasteiger partial charge >= 0.3 is 0 Å². The summed E-state index contributed by atoms with van der Waals surface area (Å²) >= 11 is 0. The van der Waals surface area contributed by atoms with Crippen molar-refractivity contribution in [3.63, 3.8) is 0 Å². The highest BCUT2D eigenvalue weighted by Crippen LogP contribution is 2.26. The maximum absolute atomic E-state index is 12.9. The summed E-state index contributed by atoms with van der Waals surface area (Å²) in [6.07, 6.45) is 3.50. The van der Waals surface area contributed by atoms with Gasteiger partial charge in [0.1, 0.15) is 11.4 Å². The van der Waals surface area contributed by atoms with E-state index in [1.165, 1.54) is 0 Å². The van der Waals surface area contributed by atoms with E-state index in [1.807, 2.05) is 54.6 Å².